The van der Waals surface area contributed by atoms with Crippen molar-refractivity contribution >= 4 is 53.3 Å². The first-order valence-electron chi connectivity index (χ1n) is 10.1. The number of aliphatic imine (C=N–C) groups is 1. The Morgan fingerprint density at radius 3 is 2.79 bits per heavy atom. The maximum Gasteiger partial charge on any atom is 0.238 e. The number of hydrogen-bond donors (Lipinski definition) is 2. The second-order valence-electron chi connectivity index (χ2n) is 7.76. The van der Waals surface area contributed by atoms with Gasteiger partial charge < -0.3 is 20.4 Å². The molecule has 6 nitrogen and oxygen atoms in total. The Morgan fingerprint density at radius 2 is 2.14 bits per heavy atom. The van der Waals surface area contributed by atoms with E-state index in [1.807, 2.05) is 37.2 Å². The zero-order chi connectivity index (χ0) is 20.5. The molecule has 1 unspecified atom stereocenters. The second kappa shape index (κ2) is 13.3. The first kappa shape index (κ1) is 26.0. The predicted molar refractivity (Wildman–Crippen MR) is 137 cm³/mol. The van der Waals surface area contributed by atoms with Gasteiger partial charge >= 0.3 is 0 Å². The molecule has 0 spiro atoms. The highest BCUT2D eigenvalue weighted by Gasteiger charge is 2.24. The van der Waals surface area contributed by atoms with Gasteiger partial charge in [-0.3, -0.25) is 4.79 Å². The van der Waals surface area contributed by atoms with Crippen molar-refractivity contribution in [1.29, 1.82) is 0 Å². The van der Waals surface area contributed by atoms with Gasteiger partial charge in [-0.2, -0.15) is 11.8 Å². The molecule has 8 heteroatoms. The SMILES string of the molecule is CCNC(=NCc1cccc(NC(=O)CN(C)C)c1)N1CCSC(C(C)C)C1.I. The van der Waals surface area contributed by atoms with Gasteiger partial charge in [-0.1, -0.05) is 26.0 Å². The Labute approximate surface area is 197 Å². The number of guanidine groups is 1. The quantitative estimate of drug-likeness (QED) is 0.320. The van der Waals surface area contributed by atoms with Crippen LogP contribution < -0.4 is 10.6 Å². The van der Waals surface area contributed by atoms with Crippen LogP contribution in [0.3, 0.4) is 0 Å². The van der Waals surface area contributed by atoms with E-state index in [-0.39, 0.29) is 29.9 Å². The van der Waals surface area contributed by atoms with Crippen LogP contribution in [0.25, 0.3) is 0 Å². The van der Waals surface area contributed by atoms with Crippen molar-refractivity contribution in [2.45, 2.75) is 32.6 Å². The number of benzene rings is 1. The molecule has 1 aromatic carbocycles. The zero-order valence-corrected chi connectivity index (χ0v) is 21.4. The van der Waals surface area contributed by atoms with Crippen LogP contribution in [0.5, 0.6) is 0 Å². The largest absolute Gasteiger partial charge is 0.357 e. The Balaban J connectivity index is 0.00000420. The normalized spacial score (nSPS) is 17.3. The number of anilines is 1. The summed E-state index contributed by atoms with van der Waals surface area (Å²) in [5.74, 6) is 2.78. The van der Waals surface area contributed by atoms with E-state index < -0.39 is 0 Å². The van der Waals surface area contributed by atoms with Crippen molar-refractivity contribution in [2.24, 2.45) is 10.9 Å². The summed E-state index contributed by atoms with van der Waals surface area (Å²) in [4.78, 5) is 21.1. The lowest BCUT2D eigenvalue weighted by Crippen LogP contribution is -2.49. The molecular weight excluding hydrogens is 497 g/mol. The number of amides is 1. The number of nitrogens with zero attached hydrogens (tertiary/aromatic N) is 3. The molecule has 1 amide bonds. The lowest BCUT2D eigenvalue weighted by atomic mass is 10.1. The highest BCUT2D eigenvalue weighted by atomic mass is 127. The minimum absolute atomic E-state index is 0. The van der Waals surface area contributed by atoms with E-state index in [1.165, 1.54) is 0 Å². The van der Waals surface area contributed by atoms with E-state index in [9.17, 15) is 4.79 Å². The fraction of sp³-hybridized carbons (Fsp3) is 0.619. The number of hydrogen-bond acceptors (Lipinski definition) is 4. The van der Waals surface area contributed by atoms with Crippen LogP contribution in [-0.2, 0) is 11.3 Å². The van der Waals surface area contributed by atoms with Crippen LogP contribution in [0.2, 0.25) is 0 Å². The molecule has 0 aliphatic carbocycles. The van der Waals surface area contributed by atoms with E-state index in [0.717, 1.165) is 42.6 Å². The van der Waals surface area contributed by atoms with Crippen molar-refractivity contribution < 1.29 is 4.79 Å². The van der Waals surface area contributed by atoms with Gasteiger partial charge in [0.1, 0.15) is 0 Å². The fourth-order valence-electron chi connectivity index (χ4n) is 3.10. The van der Waals surface area contributed by atoms with Gasteiger partial charge in [0.05, 0.1) is 13.1 Å². The van der Waals surface area contributed by atoms with Crippen molar-refractivity contribution in [3.05, 3.63) is 29.8 Å². The molecule has 164 valence electrons. The van der Waals surface area contributed by atoms with Crippen LogP contribution in [0.1, 0.15) is 26.3 Å². The molecule has 2 rings (SSSR count). The Hall–Kier alpha value is -1.00. The summed E-state index contributed by atoms with van der Waals surface area (Å²) in [6.45, 7) is 10.6. The maximum atomic E-state index is 12.0. The van der Waals surface area contributed by atoms with Crippen molar-refractivity contribution in [2.75, 3.05) is 51.3 Å². The van der Waals surface area contributed by atoms with Crippen LogP contribution in [0.4, 0.5) is 5.69 Å². The Bertz CT molecular complexity index is 668. The number of thioether (sulfide) groups is 1. The number of carbonyl (C=O) groups is 1. The molecule has 1 aliphatic heterocycles. The van der Waals surface area contributed by atoms with E-state index in [1.54, 1.807) is 0 Å². The fourth-order valence-corrected chi connectivity index (χ4v) is 4.40. The van der Waals surface area contributed by atoms with Crippen LogP contribution in [0, 0.1) is 5.92 Å². The number of halogens is 1. The molecule has 1 heterocycles. The number of carbonyl (C=O) groups excluding carboxylic acids is 1. The van der Waals surface area contributed by atoms with Gasteiger partial charge in [0.15, 0.2) is 5.96 Å². The number of nitrogens with one attached hydrogen (secondary N) is 2. The molecule has 0 saturated carbocycles. The van der Waals surface area contributed by atoms with Crippen LogP contribution in [-0.4, -0.2) is 72.9 Å². The number of likely N-dealkylation sites (N-methyl/N-ethyl adjacent to an activating group) is 1. The third-order valence-electron chi connectivity index (χ3n) is 4.55. The Kier molecular flexibility index (Phi) is 12.0. The summed E-state index contributed by atoms with van der Waals surface area (Å²) in [6.07, 6.45) is 0. The van der Waals surface area contributed by atoms with E-state index >= 15 is 0 Å². The molecule has 1 aromatic rings. The third-order valence-corrected chi connectivity index (χ3v) is 6.09. The predicted octanol–water partition coefficient (Wildman–Crippen LogP) is 3.34. The van der Waals surface area contributed by atoms with E-state index in [4.69, 9.17) is 4.99 Å². The monoisotopic (exact) mass is 533 g/mol. The maximum absolute atomic E-state index is 12.0. The first-order valence-corrected chi connectivity index (χ1v) is 11.1. The van der Waals surface area contributed by atoms with Gasteiger partial charge in [-0.25, -0.2) is 4.99 Å². The van der Waals surface area contributed by atoms with Gasteiger partial charge in [0.25, 0.3) is 0 Å². The average molecular weight is 534 g/mol. The number of rotatable bonds is 7. The van der Waals surface area contributed by atoms with Crippen LogP contribution >= 0.6 is 35.7 Å². The topological polar surface area (TPSA) is 60.0 Å². The molecule has 1 aliphatic rings. The van der Waals surface area contributed by atoms with Crippen LogP contribution in [0.15, 0.2) is 29.3 Å². The molecule has 0 bridgehead atoms. The van der Waals surface area contributed by atoms with Gasteiger partial charge in [0.2, 0.25) is 5.91 Å². The molecule has 1 atom stereocenters. The summed E-state index contributed by atoms with van der Waals surface area (Å²) in [5.41, 5.74) is 1.91. The van der Waals surface area contributed by atoms with Gasteiger partial charge in [-0.05, 0) is 44.6 Å². The minimum Gasteiger partial charge on any atom is -0.357 e. The van der Waals surface area contributed by atoms with Crippen molar-refractivity contribution in [3.63, 3.8) is 0 Å². The molecule has 2 N–H and O–H groups in total. The zero-order valence-electron chi connectivity index (χ0n) is 18.3. The summed E-state index contributed by atoms with van der Waals surface area (Å²) in [5, 5.41) is 7.04. The van der Waals surface area contributed by atoms with E-state index in [0.29, 0.717) is 24.3 Å². The molecular formula is C21H36IN5OS. The lowest BCUT2D eigenvalue weighted by Gasteiger charge is -2.36. The average Bonchev–Trinajstić information content (AvgIpc) is 2.64. The van der Waals surface area contributed by atoms with Gasteiger partial charge in [-0.15, -0.1) is 24.0 Å². The molecule has 0 aromatic heterocycles. The summed E-state index contributed by atoms with van der Waals surface area (Å²) in [6, 6.07) is 7.94. The highest BCUT2D eigenvalue weighted by molar-refractivity contribution is 14.0. The molecule has 29 heavy (non-hydrogen) atoms. The standard InChI is InChI=1S/C21H35N5OS.HI/c1-6-22-21(26-10-11-28-19(14-26)16(2)3)23-13-17-8-7-9-18(12-17)24-20(27)15-25(4)5;/h7-9,12,16,19H,6,10-11,13-15H2,1-5H3,(H,22,23)(H,24,27);1H. The Morgan fingerprint density at radius 1 is 1.38 bits per heavy atom. The van der Waals surface area contributed by atoms with E-state index in [2.05, 4.69) is 54.1 Å². The smallest absolute Gasteiger partial charge is 0.238 e. The van der Waals surface area contributed by atoms with Gasteiger partial charge in [0, 0.05) is 36.3 Å². The first-order chi connectivity index (χ1) is 13.4. The highest BCUT2D eigenvalue weighted by Crippen LogP contribution is 2.25. The third kappa shape index (κ3) is 9.13. The summed E-state index contributed by atoms with van der Waals surface area (Å²) in [7, 11) is 3.77. The molecule has 1 fully saturated rings. The summed E-state index contributed by atoms with van der Waals surface area (Å²) >= 11 is 2.07. The van der Waals surface area contributed by atoms with Crippen molar-refractivity contribution in [1.82, 2.24) is 15.1 Å². The lowest BCUT2D eigenvalue weighted by molar-refractivity contribution is -0.116. The molecule has 1 saturated heterocycles. The minimum atomic E-state index is -0.00969. The second-order valence-corrected chi connectivity index (χ2v) is 9.10. The van der Waals surface area contributed by atoms with Crippen molar-refractivity contribution in [3.8, 4) is 0 Å². The summed E-state index contributed by atoms with van der Waals surface area (Å²) < 4.78 is 0. The molecule has 0 radical (unpaired) electrons.